The van der Waals surface area contributed by atoms with E-state index in [2.05, 4.69) is 37.0 Å². The average Bonchev–Trinajstić information content (AvgIpc) is 2.96. The van der Waals surface area contributed by atoms with E-state index in [1.807, 2.05) is 25.1 Å². The fourth-order valence-corrected chi connectivity index (χ4v) is 2.59. The van der Waals surface area contributed by atoms with Crippen molar-refractivity contribution in [3.8, 4) is 0 Å². The van der Waals surface area contributed by atoms with Crippen LogP contribution in [0.3, 0.4) is 0 Å². The third-order valence-electron chi connectivity index (χ3n) is 3.51. The summed E-state index contributed by atoms with van der Waals surface area (Å²) in [6.45, 7) is 1.79. The standard InChI is InChI=1S/C16H20BrN5O2/c1-10-4-5-12(17)6-13(10)21-14(23)8-19-16(24)15(18-2)11-7-20-22(3)9-11/h4-7,9,15,18H,8H2,1-3H3,(H,19,24)(H,21,23). The number of hydrogen-bond donors (Lipinski definition) is 3. The molecule has 0 aliphatic carbocycles. The largest absolute Gasteiger partial charge is 0.345 e. The van der Waals surface area contributed by atoms with E-state index in [0.717, 1.165) is 15.6 Å². The molecule has 3 N–H and O–H groups in total. The normalized spacial score (nSPS) is 11.8. The lowest BCUT2D eigenvalue weighted by molar-refractivity contribution is -0.125. The second kappa shape index (κ2) is 8.07. The zero-order valence-corrected chi connectivity index (χ0v) is 15.3. The second-order valence-electron chi connectivity index (χ2n) is 5.39. The molecule has 0 aliphatic heterocycles. The molecule has 7 nitrogen and oxygen atoms in total. The van der Waals surface area contributed by atoms with Crippen molar-refractivity contribution in [3.63, 3.8) is 0 Å². The van der Waals surface area contributed by atoms with Crippen LogP contribution in [0.4, 0.5) is 5.69 Å². The lowest BCUT2D eigenvalue weighted by Gasteiger charge is -2.15. The summed E-state index contributed by atoms with van der Waals surface area (Å²) in [4.78, 5) is 24.3. The molecule has 1 atom stereocenters. The average molecular weight is 394 g/mol. The van der Waals surface area contributed by atoms with Gasteiger partial charge in [-0.2, -0.15) is 5.10 Å². The molecular weight excluding hydrogens is 374 g/mol. The molecule has 0 radical (unpaired) electrons. The summed E-state index contributed by atoms with van der Waals surface area (Å²) in [5, 5.41) is 12.4. The molecule has 1 heterocycles. The van der Waals surface area contributed by atoms with E-state index >= 15 is 0 Å². The number of carbonyl (C=O) groups is 2. The number of likely N-dealkylation sites (N-methyl/N-ethyl adjacent to an activating group) is 1. The first kappa shape index (κ1) is 18.2. The number of rotatable bonds is 6. The quantitative estimate of drug-likeness (QED) is 0.693. The summed E-state index contributed by atoms with van der Waals surface area (Å²) in [7, 11) is 3.46. The highest BCUT2D eigenvalue weighted by atomic mass is 79.9. The van der Waals surface area contributed by atoms with Gasteiger partial charge in [0.15, 0.2) is 0 Å². The number of anilines is 1. The molecule has 0 fully saturated rings. The number of benzene rings is 1. The second-order valence-corrected chi connectivity index (χ2v) is 6.31. The number of aryl methyl sites for hydroxylation is 2. The summed E-state index contributed by atoms with van der Waals surface area (Å²) in [5.74, 6) is -0.572. The Morgan fingerprint density at radius 2 is 2.12 bits per heavy atom. The maximum atomic E-state index is 12.3. The van der Waals surface area contributed by atoms with Crippen molar-refractivity contribution in [3.05, 3.63) is 46.2 Å². The number of nitrogens with zero attached hydrogens (tertiary/aromatic N) is 2. The van der Waals surface area contributed by atoms with Gasteiger partial charge < -0.3 is 16.0 Å². The Morgan fingerprint density at radius 1 is 1.38 bits per heavy atom. The van der Waals surface area contributed by atoms with Crippen molar-refractivity contribution in [2.75, 3.05) is 18.9 Å². The molecule has 128 valence electrons. The van der Waals surface area contributed by atoms with E-state index < -0.39 is 6.04 Å². The molecule has 2 rings (SSSR count). The first-order valence-corrected chi connectivity index (χ1v) is 8.19. The molecule has 0 saturated carbocycles. The van der Waals surface area contributed by atoms with Crippen LogP contribution in [0.5, 0.6) is 0 Å². The predicted octanol–water partition coefficient (Wildman–Crippen LogP) is 1.51. The monoisotopic (exact) mass is 393 g/mol. The Morgan fingerprint density at radius 3 is 2.75 bits per heavy atom. The molecule has 2 amide bonds. The molecule has 24 heavy (non-hydrogen) atoms. The number of amides is 2. The molecule has 0 aliphatic rings. The number of aromatic nitrogens is 2. The smallest absolute Gasteiger partial charge is 0.243 e. The fraction of sp³-hybridized carbons (Fsp3) is 0.312. The van der Waals surface area contributed by atoms with Crippen molar-refractivity contribution in [2.45, 2.75) is 13.0 Å². The summed E-state index contributed by atoms with van der Waals surface area (Å²) in [6.07, 6.45) is 3.37. The Bertz CT molecular complexity index is 744. The SMILES string of the molecule is CNC(C(=O)NCC(=O)Nc1cc(Br)ccc1C)c1cnn(C)c1. The maximum Gasteiger partial charge on any atom is 0.243 e. The van der Waals surface area contributed by atoms with Gasteiger partial charge in [0.1, 0.15) is 6.04 Å². The molecule has 2 aromatic rings. The maximum absolute atomic E-state index is 12.3. The highest BCUT2D eigenvalue weighted by Crippen LogP contribution is 2.20. The minimum Gasteiger partial charge on any atom is -0.345 e. The Kier molecular flexibility index (Phi) is 6.10. The zero-order valence-electron chi connectivity index (χ0n) is 13.8. The van der Waals surface area contributed by atoms with Gasteiger partial charge in [-0.15, -0.1) is 0 Å². The van der Waals surface area contributed by atoms with E-state index in [1.54, 1.807) is 31.2 Å². The Labute approximate surface area is 148 Å². The summed E-state index contributed by atoms with van der Waals surface area (Å²) < 4.78 is 2.50. The fourth-order valence-electron chi connectivity index (χ4n) is 2.23. The Hall–Kier alpha value is -2.19. The molecule has 1 unspecified atom stereocenters. The van der Waals surface area contributed by atoms with Crippen LogP contribution in [0, 0.1) is 6.92 Å². The zero-order chi connectivity index (χ0) is 17.7. The first-order chi connectivity index (χ1) is 11.4. The van der Waals surface area contributed by atoms with Crippen molar-refractivity contribution in [2.24, 2.45) is 7.05 Å². The first-order valence-electron chi connectivity index (χ1n) is 7.40. The highest BCUT2D eigenvalue weighted by molar-refractivity contribution is 9.10. The molecule has 0 spiro atoms. The van der Waals surface area contributed by atoms with Gasteiger partial charge in [-0.1, -0.05) is 22.0 Å². The van der Waals surface area contributed by atoms with Crippen LogP contribution in [0.1, 0.15) is 17.2 Å². The van der Waals surface area contributed by atoms with Crippen molar-refractivity contribution in [1.82, 2.24) is 20.4 Å². The van der Waals surface area contributed by atoms with Crippen LogP contribution in [-0.2, 0) is 16.6 Å². The third kappa shape index (κ3) is 4.65. The molecule has 0 saturated heterocycles. The predicted molar refractivity (Wildman–Crippen MR) is 95.5 cm³/mol. The molecule has 1 aromatic heterocycles. The van der Waals surface area contributed by atoms with E-state index in [4.69, 9.17) is 0 Å². The van der Waals surface area contributed by atoms with Crippen LogP contribution >= 0.6 is 15.9 Å². The van der Waals surface area contributed by atoms with Gasteiger partial charge in [0.25, 0.3) is 0 Å². The minimum atomic E-state index is -0.556. The minimum absolute atomic E-state index is 0.108. The summed E-state index contributed by atoms with van der Waals surface area (Å²) in [5.41, 5.74) is 2.39. The van der Waals surface area contributed by atoms with Crippen LogP contribution in [0.15, 0.2) is 35.1 Å². The van der Waals surface area contributed by atoms with Gasteiger partial charge in [-0.25, -0.2) is 0 Å². The highest BCUT2D eigenvalue weighted by Gasteiger charge is 2.20. The number of nitrogens with one attached hydrogen (secondary N) is 3. The lowest BCUT2D eigenvalue weighted by Crippen LogP contribution is -2.40. The van der Waals surface area contributed by atoms with E-state index in [-0.39, 0.29) is 18.4 Å². The van der Waals surface area contributed by atoms with Crippen LogP contribution in [0.25, 0.3) is 0 Å². The topological polar surface area (TPSA) is 88.1 Å². The van der Waals surface area contributed by atoms with E-state index in [1.165, 1.54) is 0 Å². The van der Waals surface area contributed by atoms with E-state index in [0.29, 0.717) is 5.69 Å². The van der Waals surface area contributed by atoms with Gasteiger partial charge in [-0.05, 0) is 31.7 Å². The molecule has 8 heteroatoms. The van der Waals surface area contributed by atoms with Gasteiger partial charge in [0.2, 0.25) is 11.8 Å². The van der Waals surface area contributed by atoms with Crippen LogP contribution in [-0.4, -0.2) is 35.2 Å². The lowest BCUT2D eigenvalue weighted by atomic mass is 10.1. The molecule has 1 aromatic carbocycles. The third-order valence-corrected chi connectivity index (χ3v) is 4.00. The van der Waals surface area contributed by atoms with Crippen LogP contribution < -0.4 is 16.0 Å². The summed E-state index contributed by atoms with van der Waals surface area (Å²) in [6, 6.07) is 5.07. The molecular formula is C16H20BrN5O2. The van der Waals surface area contributed by atoms with Crippen molar-refractivity contribution >= 4 is 33.4 Å². The van der Waals surface area contributed by atoms with Crippen LogP contribution in [0.2, 0.25) is 0 Å². The van der Waals surface area contributed by atoms with Gasteiger partial charge in [0.05, 0.1) is 12.7 Å². The van der Waals surface area contributed by atoms with Gasteiger partial charge >= 0.3 is 0 Å². The van der Waals surface area contributed by atoms with Gasteiger partial charge in [-0.3, -0.25) is 14.3 Å². The van der Waals surface area contributed by atoms with E-state index in [9.17, 15) is 9.59 Å². The van der Waals surface area contributed by atoms with Gasteiger partial charge in [0, 0.05) is 29.0 Å². The number of halogens is 1. The van der Waals surface area contributed by atoms with Crippen molar-refractivity contribution < 1.29 is 9.59 Å². The number of hydrogen-bond acceptors (Lipinski definition) is 4. The van der Waals surface area contributed by atoms with Crippen molar-refractivity contribution in [1.29, 1.82) is 0 Å². The molecule has 0 bridgehead atoms. The summed E-state index contributed by atoms with van der Waals surface area (Å²) >= 11 is 3.37. The number of carbonyl (C=O) groups excluding carboxylic acids is 2. The Balaban J connectivity index is 1.93.